The number of allylic oxidation sites excluding steroid dienone is 2. The molecule has 1 fully saturated rings. The summed E-state index contributed by atoms with van der Waals surface area (Å²) in [6.07, 6.45) is 4.00. The lowest BCUT2D eigenvalue weighted by Crippen LogP contribution is -2.18. The van der Waals surface area contributed by atoms with Crippen LogP contribution < -0.4 is 9.47 Å². The molecule has 1 unspecified atom stereocenters. The van der Waals surface area contributed by atoms with Crippen LogP contribution in [0, 0.1) is 5.92 Å². The van der Waals surface area contributed by atoms with Gasteiger partial charge >= 0.3 is 13.2 Å². The molecule has 0 spiro atoms. The van der Waals surface area contributed by atoms with Gasteiger partial charge in [-0.3, -0.25) is 4.79 Å². The molecule has 32 heavy (non-hydrogen) atoms. The minimum atomic E-state index is -2.99. The van der Waals surface area contributed by atoms with Crippen molar-refractivity contribution in [3.63, 3.8) is 0 Å². The Kier molecular flexibility index (Phi) is 7.85. The summed E-state index contributed by atoms with van der Waals surface area (Å²) in [4.78, 5) is 13.1. The normalized spacial score (nSPS) is 19.3. The molecule has 0 aromatic heterocycles. The third-order valence-electron chi connectivity index (χ3n) is 4.76. The smallest absolute Gasteiger partial charge is 0.387 e. The van der Waals surface area contributed by atoms with Crippen LogP contribution in [-0.4, -0.2) is 19.0 Å². The highest BCUT2D eigenvalue weighted by atomic mass is 35.5. The van der Waals surface area contributed by atoms with Gasteiger partial charge in [-0.05, 0) is 78.4 Å². The van der Waals surface area contributed by atoms with E-state index in [9.17, 15) is 22.4 Å². The highest BCUT2D eigenvalue weighted by Gasteiger charge is 2.26. The summed E-state index contributed by atoms with van der Waals surface area (Å²) in [5.74, 6) is -0.337. The first-order valence-corrected chi connectivity index (χ1v) is 10.3. The molecular formula is C23H18Cl2F4O3. The lowest BCUT2D eigenvalue weighted by atomic mass is 9.81. The van der Waals surface area contributed by atoms with Crippen molar-refractivity contribution in [3.8, 4) is 11.5 Å². The molecule has 3 rings (SSSR count). The SMILES string of the molecule is CC1C/C(=C/c2cc(OC(F)F)ccc2Cl)C(=O)/C(=C/c2cc(OC(F)F)ccc2Cl)C1. The van der Waals surface area contributed by atoms with Gasteiger partial charge in [0.1, 0.15) is 11.5 Å². The van der Waals surface area contributed by atoms with Crippen molar-refractivity contribution in [2.45, 2.75) is 33.0 Å². The molecule has 9 heteroatoms. The Bertz CT molecular complexity index is 986. The summed E-state index contributed by atoms with van der Waals surface area (Å²) < 4.78 is 58.9. The summed E-state index contributed by atoms with van der Waals surface area (Å²) in [6, 6.07) is 8.10. The number of benzene rings is 2. The van der Waals surface area contributed by atoms with Crippen LogP contribution in [0.2, 0.25) is 10.0 Å². The molecule has 2 aromatic carbocycles. The second kappa shape index (κ2) is 10.4. The van der Waals surface area contributed by atoms with Crippen molar-refractivity contribution in [1.29, 1.82) is 0 Å². The number of hydrogen-bond donors (Lipinski definition) is 0. The van der Waals surface area contributed by atoms with E-state index < -0.39 is 13.2 Å². The van der Waals surface area contributed by atoms with Crippen molar-refractivity contribution in [1.82, 2.24) is 0 Å². The van der Waals surface area contributed by atoms with Crippen LogP contribution in [0.15, 0.2) is 47.5 Å². The zero-order chi connectivity index (χ0) is 23.4. The van der Waals surface area contributed by atoms with Crippen LogP contribution in [0.4, 0.5) is 17.6 Å². The summed E-state index contributed by atoms with van der Waals surface area (Å²) in [6.45, 7) is -4.03. The summed E-state index contributed by atoms with van der Waals surface area (Å²) in [5.41, 5.74) is 1.60. The van der Waals surface area contributed by atoms with Gasteiger partial charge in [-0.15, -0.1) is 0 Å². The van der Waals surface area contributed by atoms with Crippen LogP contribution in [0.3, 0.4) is 0 Å². The zero-order valence-electron chi connectivity index (χ0n) is 16.8. The largest absolute Gasteiger partial charge is 0.435 e. The fraction of sp³-hybridized carbons (Fsp3) is 0.261. The Balaban J connectivity index is 1.95. The predicted molar refractivity (Wildman–Crippen MR) is 116 cm³/mol. The monoisotopic (exact) mass is 488 g/mol. The standard InChI is InChI=1S/C23H18Cl2F4O3/c1-12-6-15(8-13-10-17(31-22(26)27)2-4-19(13)24)21(30)16(7-12)9-14-11-18(32-23(28)29)3-5-20(14)25/h2-5,8-12,22-23H,6-7H2,1H3/b15-8-,16-9+. The zero-order valence-corrected chi connectivity index (χ0v) is 18.3. The highest BCUT2D eigenvalue weighted by Crippen LogP contribution is 2.35. The molecule has 0 amide bonds. The van der Waals surface area contributed by atoms with E-state index in [1.807, 2.05) is 6.92 Å². The number of ether oxygens (including phenoxy) is 2. The Morgan fingerprint density at radius 1 is 0.844 bits per heavy atom. The molecule has 0 saturated heterocycles. The van der Waals surface area contributed by atoms with Gasteiger partial charge in [0.25, 0.3) is 0 Å². The van der Waals surface area contributed by atoms with E-state index in [0.29, 0.717) is 35.1 Å². The van der Waals surface area contributed by atoms with Crippen molar-refractivity contribution in [2.24, 2.45) is 5.92 Å². The van der Waals surface area contributed by atoms with Crippen LogP contribution >= 0.6 is 23.2 Å². The van der Waals surface area contributed by atoms with Gasteiger partial charge in [-0.1, -0.05) is 30.1 Å². The Morgan fingerprint density at radius 2 is 1.25 bits per heavy atom. The molecular weight excluding hydrogens is 471 g/mol. The molecule has 0 heterocycles. The molecule has 1 aliphatic carbocycles. The van der Waals surface area contributed by atoms with Crippen molar-refractivity contribution in [2.75, 3.05) is 0 Å². The number of carbonyl (C=O) groups excluding carboxylic acids is 1. The number of halogens is 6. The van der Waals surface area contributed by atoms with Crippen molar-refractivity contribution >= 4 is 41.1 Å². The van der Waals surface area contributed by atoms with Gasteiger partial charge < -0.3 is 9.47 Å². The first kappa shape index (κ1) is 24.1. The van der Waals surface area contributed by atoms with E-state index in [1.54, 1.807) is 12.2 Å². The molecule has 170 valence electrons. The third-order valence-corrected chi connectivity index (χ3v) is 5.45. The van der Waals surface area contributed by atoms with Gasteiger partial charge in [-0.25, -0.2) is 0 Å². The number of Topliss-reactive ketones (excluding diaryl/α,β-unsaturated/α-hetero) is 1. The number of carbonyl (C=O) groups is 1. The van der Waals surface area contributed by atoms with E-state index in [1.165, 1.54) is 36.4 Å². The summed E-state index contributed by atoms with van der Waals surface area (Å²) >= 11 is 12.4. The quantitative estimate of drug-likeness (QED) is 0.309. The fourth-order valence-corrected chi connectivity index (χ4v) is 3.80. The van der Waals surface area contributed by atoms with Crippen LogP contribution in [0.25, 0.3) is 12.2 Å². The highest BCUT2D eigenvalue weighted by molar-refractivity contribution is 6.33. The second-order valence-corrected chi connectivity index (χ2v) is 8.12. The first-order valence-electron chi connectivity index (χ1n) is 9.57. The van der Waals surface area contributed by atoms with Crippen LogP contribution in [0.1, 0.15) is 30.9 Å². The minimum Gasteiger partial charge on any atom is -0.435 e. The van der Waals surface area contributed by atoms with E-state index >= 15 is 0 Å². The molecule has 1 aliphatic rings. The predicted octanol–water partition coefficient (Wildman–Crippen LogP) is 7.66. The molecule has 0 N–H and O–H groups in total. The number of rotatable bonds is 6. The average molecular weight is 489 g/mol. The minimum absolute atomic E-state index is 0.0778. The summed E-state index contributed by atoms with van der Waals surface area (Å²) in [5, 5.41) is 0.547. The molecule has 0 bridgehead atoms. The number of hydrogen-bond acceptors (Lipinski definition) is 3. The van der Waals surface area contributed by atoms with Crippen LogP contribution in [0.5, 0.6) is 11.5 Å². The second-order valence-electron chi connectivity index (χ2n) is 7.31. The average Bonchev–Trinajstić information content (AvgIpc) is 2.69. The van der Waals surface area contributed by atoms with Crippen LogP contribution in [-0.2, 0) is 4.79 Å². The maximum Gasteiger partial charge on any atom is 0.387 e. The Labute approximate surface area is 192 Å². The number of ketones is 1. The van der Waals surface area contributed by atoms with E-state index in [2.05, 4.69) is 9.47 Å². The van der Waals surface area contributed by atoms with Gasteiger partial charge in [0.2, 0.25) is 0 Å². The Hall–Kier alpha value is -2.51. The van der Waals surface area contributed by atoms with Gasteiger partial charge in [0.05, 0.1) is 0 Å². The summed E-state index contributed by atoms with van der Waals surface area (Å²) in [7, 11) is 0. The molecule has 1 atom stereocenters. The molecule has 2 aromatic rings. The maximum absolute atomic E-state index is 13.1. The van der Waals surface area contributed by atoms with Gasteiger partial charge in [0.15, 0.2) is 5.78 Å². The van der Waals surface area contributed by atoms with Gasteiger partial charge in [0, 0.05) is 21.2 Å². The van der Waals surface area contributed by atoms with Gasteiger partial charge in [-0.2, -0.15) is 17.6 Å². The molecule has 0 aliphatic heterocycles. The van der Waals surface area contributed by atoms with Crippen molar-refractivity contribution in [3.05, 3.63) is 68.7 Å². The number of alkyl halides is 4. The fourth-order valence-electron chi connectivity index (χ4n) is 3.46. The van der Waals surface area contributed by atoms with E-state index in [4.69, 9.17) is 23.2 Å². The lowest BCUT2D eigenvalue weighted by molar-refractivity contribution is -0.113. The topological polar surface area (TPSA) is 35.5 Å². The first-order chi connectivity index (χ1) is 15.1. The maximum atomic E-state index is 13.1. The van der Waals surface area contributed by atoms with E-state index in [0.717, 1.165) is 0 Å². The molecule has 0 radical (unpaired) electrons. The Morgan fingerprint density at radius 3 is 1.62 bits per heavy atom. The third kappa shape index (κ3) is 6.26. The van der Waals surface area contributed by atoms with E-state index in [-0.39, 0.29) is 33.2 Å². The van der Waals surface area contributed by atoms with Crippen molar-refractivity contribution < 1.29 is 31.8 Å². The molecule has 3 nitrogen and oxygen atoms in total. The lowest BCUT2D eigenvalue weighted by Gasteiger charge is -2.23. The molecule has 1 saturated carbocycles.